The number of aliphatic imine (C=N–C) groups is 1. The van der Waals surface area contributed by atoms with Crippen molar-refractivity contribution in [2.45, 2.75) is 26.1 Å². The summed E-state index contributed by atoms with van der Waals surface area (Å²) >= 11 is 11.9. The molecule has 1 fully saturated rings. The summed E-state index contributed by atoms with van der Waals surface area (Å²) in [5, 5.41) is 4.01. The molecule has 0 bridgehead atoms. The third-order valence-corrected chi connectivity index (χ3v) is 4.08. The average molecular weight is 385 g/mol. The minimum absolute atomic E-state index is 0.103. The van der Waals surface area contributed by atoms with E-state index < -0.39 is 0 Å². The molecule has 136 valence electrons. The number of hydrogen-bond acceptors (Lipinski definition) is 4. The number of nitrogens with two attached hydrogens (primary N) is 1. The highest BCUT2D eigenvalue weighted by Gasteiger charge is 2.23. The molecule has 2 unspecified atom stereocenters. The van der Waals surface area contributed by atoms with Gasteiger partial charge < -0.3 is 15.8 Å². The molecule has 0 aliphatic carbocycles. The maximum absolute atomic E-state index is 12.0. The van der Waals surface area contributed by atoms with Gasteiger partial charge in [0, 0.05) is 24.3 Å². The minimum Gasteiger partial charge on any atom is -0.384 e. The van der Waals surface area contributed by atoms with E-state index in [1.807, 2.05) is 18.7 Å². The van der Waals surface area contributed by atoms with Gasteiger partial charge in [0.25, 0.3) is 5.91 Å². The van der Waals surface area contributed by atoms with Crippen LogP contribution in [-0.2, 0) is 9.53 Å². The maximum Gasteiger partial charge on any atom is 0.261 e. The van der Waals surface area contributed by atoms with Gasteiger partial charge in [-0.15, -0.1) is 0 Å². The first kappa shape index (κ1) is 19.7. The fourth-order valence-electron chi connectivity index (χ4n) is 2.64. The van der Waals surface area contributed by atoms with E-state index in [1.165, 1.54) is 6.08 Å². The molecule has 1 aliphatic rings. The van der Waals surface area contributed by atoms with Crippen LogP contribution in [0.5, 0.6) is 0 Å². The first-order chi connectivity index (χ1) is 11.8. The number of amidine groups is 1. The number of nitrogens with zero attached hydrogens (tertiary/aromatic N) is 2. The highest BCUT2D eigenvalue weighted by atomic mass is 35.5. The zero-order valence-corrected chi connectivity index (χ0v) is 15.7. The molecule has 25 heavy (non-hydrogen) atoms. The Hall–Kier alpha value is -1.60. The molecule has 1 amide bonds. The molecular weight excluding hydrogens is 363 g/mol. The summed E-state index contributed by atoms with van der Waals surface area (Å²) in [6.45, 7) is 5.61. The molecule has 2 atom stereocenters. The lowest BCUT2D eigenvalue weighted by Gasteiger charge is -2.34. The molecule has 6 nitrogen and oxygen atoms in total. The molecule has 0 saturated carbocycles. The predicted molar refractivity (Wildman–Crippen MR) is 102 cm³/mol. The van der Waals surface area contributed by atoms with Crippen LogP contribution in [0.3, 0.4) is 0 Å². The lowest BCUT2D eigenvalue weighted by atomic mass is 10.2. The Balaban J connectivity index is 1.86. The highest BCUT2D eigenvalue weighted by Crippen LogP contribution is 2.25. The van der Waals surface area contributed by atoms with Gasteiger partial charge in [-0.05, 0) is 38.1 Å². The van der Waals surface area contributed by atoms with Crippen LogP contribution in [0.2, 0.25) is 10.0 Å². The number of rotatable bonds is 5. The number of halogens is 2. The van der Waals surface area contributed by atoms with Gasteiger partial charge in [-0.3, -0.25) is 9.69 Å². The molecule has 0 radical (unpaired) electrons. The minimum atomic E-state index is -0.284. The number of nitrogens with one attached hydrogen (secondary N) is 1. The monoisotopic (exact) mass is 384 g/mol. The van der Waals surface area contributed by atoms with Crippen LogP contribution in [0, 0.1) is 0 Å². The summed E-state index contributed by atoms with van der Waals surface area (Å²) < 4.78 is 5.64. The van der Waals surface area contributed by atoms with Crippen molar-refractivity contribution in [1.29, 1.82) is 0 Å². The van der Waals surface area contributed by atoms with E-state index >= 15 is 0 Å². The van der Waals surface area contributed by atoms with Crippen molar-refractivity contribution in [2.75, 3.05) is 25.0 Å². The van der Waals surface area contributed by atoms with Crippen molar-refractivity contribution in [3.05, 3.63) is 40.5 Å². The molecule has 3 N–H and O–H groups in total. The maximum atomic E-state index is 12.0. The standard InChI is InChI=1S/C17H22Cl2N4O2/c1-11-8-23(9-12(2)25-11)10-17(24)22-16(20)5-6-21-15-4-3-13(18)7-14(15)19/h3-7,11-12,21H,8-10H2,1-2H3,(H2,20,22,24)/b6-5-. The number of morpholine rings is 1. The molecule has 8 heteroatoms. The normalized spacial score (nSPS) is 22.3. The van der Waals surface area contributed by atoms with Crippen LogP contribution in [0.15, 0.2) is 35.5 Å². The van der Waals surface area contributed by atoms with E-state index in [2.05, 4.69) is 10.3 Å². The van der Waals surface area contributed by atoms with E-state index in [1.54, 1.807) is 24.4 Å². The molecule has 1 saturated heterocycles. The van der Waals surface area contributed by atoms with Crippen molar-refractivity contribution in [3.8, 4) is 0 Å². The summed E-state index contributed by atoms with van der Waals surface area (Å²) in [5.74, 6) is -0.162. The molecular formula is C17H22Cl2N4O2. The van der Waals surface area contributed by atoms with Gasteiger partial charge >= 0.3 is 0 Å². The Morgan fingerprint density at radius 1 is 1.40 bits per heavy atom. The van der Waals surface area contributed by atoms with Gasteiger partial charge in [0.1, 0.15) is 5.84 Å². The van der Waals surface area contributed by atoms with Crippen LogP contribution in [0.1, 0.15) is 13.8 Å². The number of ether oxygens (including phenoxy) is 1. The van der Waals surface area contributed by atoms with E-state index in [0.717, 1.165) is 0 Å². The van der Waals surface area contributed by atoms with Gasteiger partial charge in [0.2, 0.25) is 0 Å². The number of carbonyl (C=O) groups is 1. The lowest BCUT2D eigenvalue weighted by molar-refractivity contribution is -0.122. The Morgan fingerprint density at radius 3 is 2.72 bits per heavy atom. The van der Waals surface area contributed by atoms with Gasteiger partial charge in [-0.25, -0.2) is 0 Å². The van der Waals surface area contributed by atoms with E-state index in [-0.39, 0.29) is 30.5 Å². The van der Waals surface area contributed by atoms with Crippen molar-refractivity contribution >= 4 is 40.6 Å². The average Bonchev–Trinajstić information content (AvgIpc) is 2.48. The van der Waals surface area contributed by atoms with Crippen molar-refractivity contribution in [3.63, 3.8) is 0 Å². The quantitative estimate of drug-likeness (QED) is 0.602. The van der Waals surface area contributed by atoms with E-state index in [9.17, 15) is 4.79 Å². The number of anilines is 1. The third kappa shape index (κ3) is 6.66. The number of carbonyl (C=O) groups excluding carboxylic acids is 1. The number of amides is 1. The second-order valence-corrected chi connectivity index (χ2v) is 6.83. The Bertz CT molecular complexity index is 669. The van der Waals surface area contributed by atoms with Crippen molar-refractivity contribution < 1.29 is 9.53 Å². The van der Waals surface area contributed by atoms with Crippen LogP contribution in [-0.4, -0.2) is 48.5 Å². The second-order valence-electron chi connectivity index (χ2n) is 5.98. The molecule has 0 aromatic heterocycles. The molecule has 2 rings (SSSR count). The fraction of sp³-hybridized carbons (Fsp3) is 0.412. The summed E-state index contributed by atoms with van der Waals surface area (Å²) in [7, 11) is 0. The van der Waals surface area contributed by atoms with Crippen LogP contribution in [0.4, 0.5) is 5.69 Å². The Morgan fingerprint density at radius 2 is 2.08 bits per heavy atom. The first-order valence-electron chi connectivity index (χ1n) is 7.96. The Labute approximate surface area is 157 Å². The van der Waals surface area contributed by atoms with Crippen LogP contribution in [0.25, 0.3) is 0 Å². The SMILES string of the molecule is CC1CN(CC(=O)N=C(N)/C=C\Nc2ccc(Cl)cc2Cl)CC(C)O1. The van der Waals surface area contributed by atoms with Gasteiger partial charge in [-0.2, -0.15) is 4.99 Å². The second kappa shape index (κ2) is 9.20. The third-order valence-electron chi connectivity index (χ3n) is 3.53. The van der Waals surface area contributed by atoms with Crippen LogP contribution < -0.4 is 11.1 Å². The highest BCUT2D eigenvalue weighted by molar-refractivity contribution is 6.36. The van der Waals surface area contributed by atoms with Crippen molar-refractivity contribution in [1.82, 2.24) is 4.90 Å². The predicted octanol–water partition coefficient (Wildman–Crippen LogP) is 2.91. The number of hydrogen-bond donors (Lipinski definition) is 2. The summed E-state index contributed by atoms with van der Waals surface area (Å²) in [6.07, 6.45) is 3.28. The Kier molecular flexibility index (Phi) is 7.25. The molecule has 1 heterocycles. The number of benzene rings is 1. The fourth-order valence-corrected chi connectivity index (χ4v) is 3.11. The zero-order chi connectivity index (χ0) is 18.4. The first-order valence-corrected chi connectivity index (χ1v) is 8.72. The largest absolute Gasteiger partial charge is 0.384 e. The summed E-state index contributed by atoms with van der Waals surface area (Å²) in [6, 6.07) is 5.09. The van der Waals surface area contributed by atoms with Crippen LogP contribution >= 0.6 is 23.2 Å². The van der Waals surface area contributed by atoms with E-state index in [4.69, 9.17) is 33.7 Å². The van der Waals surface area contributed by atoms with Crippen molar-refractivity contribution in [2.24, 2.45) is 10.7 Å². The lowest BCUT2D eigenvalue weighted by Crippen LogP contribution is -2.47. The zero-order valence-electron chi connectivity index (χ0n) is 14.2. The molecule has 1 aliphatic heterocycles. The molecule has 0 spiro atoms. The molecule has 1 aromatic carbocycles. The molecule has 1 aromatic rings. The smallest absolute Gasteiger partial charge is 0.261 e. The van der Waals surface area contributed by atoms with Gasteiger partial charge in [0.05, 0.1) is 29.5 Å². The summed E-state index contributed by atoms with van der Waals surface area (Å²) in [4.78, 5) is 17.9. The van der Waals surface area contributed by atoms with E-state index in [0.29, 0.717) is 28.8 Å². The van der Waals surface area contributed by atoms with Gasteiger partial charge in [0.15, 0.2) is 0 Å². The topological polar surface area (TPSA) is 80.0 Å². The summed E-state index contributed by atoms with van der Waals surface area (Å²) in [5.41, 5.74) is 6.44. The van der Waals surface area contributed by atoms with Gasteiger partial charge in [-0.1, -0.05) is 23.2 Å².